The Morgan fingerprint density at radius 1 is 1.12 bits per heavy atom. The molecule has 2 rings (SSSR count). The Kier molecular flexibility index (Phi) is 6.53. The van der Waals surface area contributed by atoms with Gasteiger partial charge in [0.15, 0.2) is 0 Å². The Bertz CT molecular complexity index is 642. The van der Waals surface area contributed by atoms with Crippen molar-refractivity contribution in [3.63, 3.8) is 0 Å². The highest BCUT2D eigenvalue weighted by molar-refractivity contribution is 14.1. The van der Waals surface area contributed by atoms with Crippen LogP contribution in [0.25, 0.3) is 0 Å². The van der Waals surface area contributed by atoms with Crippen molar-refractivity contribution in [1.82, 2.24) is 4.90 Å². The minimum Gasteiger partial charge on any atom is -0.465 e. The van der Waals surface area contributed by atoms with Crippen LogP contribution in [0.1, 0.15) is 37.6 Å². The van der Waals surface area contributed by atoms with E-state index < -0.39 is 5.60 Å². The number of halogens is 1. The lowest BCUT2D eigenvalue weighted by atomic mass is 10.2. The van der Waals surface area contributed by atoms with Crippen molar-refractivity contribution >= 4 is 40.3 Å². The largest absolute Gasteiger partial charge is 0.465 e. The van der Waals surface area contributed by atoms with Crippen molar-refractivity contribution in [3.05, 3.63) is 27.3 Å². The Hall–Kier alpha value is -1.51. The van der Waals surface area contributed by atoms with Gasteiger partial charge in [-0.05, 0) is 68.0 Å². The number of carbonyl (C=O) groups excluding carboxylic acids is 2. The molecule has 1 aliphatic heterocycles. The van der Waals surface area contributed by atoms with Crippen molar-refractivity contribution in [1.29, 1.82) is 0 Å². The molecule has 1 aromatic carbocycles. The third kappa shape index (κ3) is 5.49. The SMILES string of the molecule is COC(=O)c1ccc(N2CCCN(C(=O)OC(C)(C)C)CC2)c(I)c1. The molecule has 0 unspecified atom stereocenters. The molecule has 1 heterocycles. The van der Waals surface area contributed by atoms with Crippen LogP contribution < -0.4 is 4.90 Å². The molecule has 1 aromatic rings. The second-order valence-electron chi connectivity index (χ2n) is 6.97. The molecular weight excluding hydrogens is 435 g/mol. The van der Waals surface area contributed by atoms with Crippen LogP contribution in [0.5, 0.6) is 0 Å². The fourth-order valence-electron chi connectivity index (χ4n) is 2.68. The van der Waals surface area contributed by atoms with Crippen LogP contribution >= 0.6 is 22.6 Å². The molecular formula is C18H25IN2O4. The molecule has 0 aliphatic carbocycles. The Morgan fingerprint density at radius 3 is 2.44 bits per heavy atom. The minimum atomic E-state index is -0.484. The van der Waals surface area contributed by atoms with Crippen molar-refractivity contribution in [2.24, 2.45) is 0 Å². The number of esters is 1. The van der Waals surface area contributed by atoms with E-state index in [0.29, 0.717) is 18.7 Å². The maximum absolute atomic E-state index is 12.3. The lowest BCUT2D eigenvalue weighted by molar-refractivity contribution is 0.0263. The molecule has 0 atom stereocenters. The number of nitrogens with zero attached hydrogens (tertiary/aromatic N) is 2. The first-order valence-electron chi connectivity index (χ1n) is 8.32. The van der Waals surface area contributed by atoms with Crippen LogP contribution in [-0.2, 0) is 9.47 Å². The van der Waals surface area contributed by atoms with Gasteiger partial charge in [0.1, 0.15) is 5.60 Å². The predicted octanol–water partition coefficient (Wildman–Crippen LogP) is 3.53. The summed E-state index contributed by atoms with van der Waals surface area (Å²) in [6.07, 6.45) is 0.610. The number of anilines is 1. The number of methoxy groups -OCH3 is 1. The van der Waals surface area contributed by atoms with Crippen molar-refractivity contribution < 1.29 is 19.1 Å². The molecule has 0 bridgehead atoms. The number of benzene rings is 1. The summed E-state index contributed by atoms with van der Waals surface area (Å²) in [5, 5.41) is 0. The van der Waals surface area contributed by atoms with E-state index in [1.807, 2.05) is 32.9 Å². The molecule has 0 saturated carbocycles. The van der Waals surface area contributed by atoms with Crippen molar-refractivity contribution in [3.8, 4) is 0 Å². The zero-order chi connectivity index (χ0) is 18.6. The zero-order valence-electron chi connectivity index (χ0n) is 15.2. The van der Waals surface area contributed by atoms with Gasteiger partial charge in [-0.25, -0.2) is 9.59 Å². The summed E-state index contributed by atoms with van der Waals surface area (Å²) in [5.41, 5.74) is 1.13. The maximum Gasteiger partial charge on any atom is 0.410 e. The van der Waals surface area contributed by atoms with Gasteiger partial charge in [-0.1, -0.05) is 0 Å². The highest BCUT2D eigenvalue weighted by Gasteiger charge is 2.25. The third-order valence-electron chi connectivity index (χ3n) is 3.86. The number of rotatable bonds is 2. The van der Waals surface area contributed by atoms with E-state index in [-0.39, 0.29) is 12.1 Å². The molecule has 7 heteroatoms. The first-order valence-corrected chi connectivity index (χ1v) is 9.40. The summed E-state index contributed by atoms with van der Waals surface area (Å²) >= 11 is 2.23. The van der Waals surface area contributed by atoms with Gasteiger partial charge in [0, 0.05) is 29.7 Å². The predicted molar refractivity (Wildman–Crippen MR) is 105 cm³/mol. The Morgan fingerprint density at radius 2 is 1.84 bits per heavy atom. The number of amides is 1. The summed E-state index contributed by atoms with van der Waals surface area (Å²) < 4.78 is 11.2. The summed E-state index contributed by atoms with van der Waals surface area (Å²) in [4.78, 5) is 27.9. The van der Waals surface area contributed by atoms with E-state index in [1.54, 1.807) is 11.0 Å². The number of ether oxygens (including phenoxy) is 2. The van der Waals surface area contributed by atoms with Gasteiger partial charge in [0.05, 0.1) is 18.4 Å². The normalized spacial score (nSPS) is 15.6. The van der Waals surface area contributed by atoms with Gasteiger partial charge in [-0.3, -0.25) is 0 Å². The monoisotopic (exact) mass is 460 g/mol. The first kappa shape index (κ1) is 19.8. The molecule has 1 saturated heterocycles. The average Bonchev–Trinajstić information content (AvgIpc) is 2.78. The van der Waals surface area contributed by atoms with Gasteiger partial charge in [-0.15, -0.1) is 0 Å². The fraction of sp³-hybridized carbons (Fsp3) is 0.556. The van der Waals surface area contributed by atoms with E-state index in [0.717, 1.165) is 28.8 Å². The molecule has 0 aromatic heterocycles. The average molecular weight is 460 g/mol. The number of hydrogen-bond acceptors (Lipinski definition) is 5. The van der Waals surface area contributed by atoms with Gasteiger partial charge in [-0.2, -0.15) is 0 Å². The van der Waals surface area contributed by atoms with Crippen LogP contribution in [0.3, 0.4) is 0 Å². The second-order valence-corrected chi connectivity index (χ2v) is 8.13. The first-order chi connectivity index (χ1) is 11.7. The Labute approximate surface area is 162 Å². The molecule has 0 N–H and O–H groups in total. The maximum atomic E-state index is 12.3. The number of hydrogen-bond donors (Lipinski definition) is 0. The van der Waals surface area contributed by atoms with Gasteiger partial charge in [0.2, 0.25) is 0 Å². The zero-order valence-corrected chi connectivity index (χ0v) is 17.3. The molecule has 138 valence electrons. The molecule has 0 spiro atoms. The van der Waals surface area contributed by atoms with Gasteiger partial charge in [0.25, 0.3) is 0 Å². The smallest absolute Gasteiger partial charge is 0.410 e. The van der Waals surface area contributed by atoms with Crippen LogP contribution in [0.4, 0.5) is 10.5 Å². The van der Waals surface area contributed by atoms with Crippen LogP contribution in [0.2, 0.25) is 0 Å². The second kappa shape index (κ2) is 8.25. The fourth-order valence-corrected chi connectivity index (χ4v) is 3.53. The molecule has 25 heavy (non-hydrogen) atoms. The molecule has 1 aliphatic rings. The lowest BCUT2D eigenvalue weighted by Crippen LogP contribution is -2.39. The molecule has 6 nitrogen and oxygen atoms in total. The summed E-state index contributed by atoms with van der Waals surface area (Å²) in [6.45, 7) is 8.51. The third-order valence-corrected chi connectivity index (χ3v) is 4.72. The van der Waals surface area contributed by atoms with E-state index in [4.69, 9.17) is 9.47 Å². The topological polar surface area (TPSA) is 59.1 Å². The highest BCUT2D eigenvalue weighted by Crippen LogP contribution is 2.25. The molecule has 0 radical (unpaired) electrons. The Balaban J connectivity index is 2.06. The quantitative estimate of drug-likeness (QED) is 0.500. The highest BCUT2D eigenvalue weighted by atomic mass is 127. The van der Waals surface area contributed by atoms with E-state index >= 15 is 0 Å². The minimum absolute atomic E-state index is 0.259. The standard InChI is InChI=1S/C18H25IN2O4/c1-18(2,3)25-17(23)21-9-5-8-20(10-11-21)15-7-6-13(12-14(15)19)16(22)24-4/h6-7,12H,5,8-11H2,1-4H3. The van der Waals surface area contributed by atoms with E-state index in [1.165, 1.54) is 7.11 Å². The van der Waals surface area contributed by atoms with E-state index in [9.17, 15) is 9.59 Å². The number of carbonyl (C=O) groups is 2. The summed E-state index contributed by atoms with van der Waals surface area (Å²) in [6, 6.07) is 5.55. The van der Waals surface area contributed by atoms with Crippen LogP contribution in [-0.4, -0.2) is 55.9 Å². The lowest BCUT2D eigenvalue weighted by Gasteiger charge is -2.27. The van der Waals surface area contributed by atoms with Crippen LogP contribution in [0, 0.1) is 3.57 Å². The van der Waals surface area contributed by atoms with Crippen LogP contribution in [0.15, 0.2) is 18.2 Å². The molecule has 1 fully saturated rings. The van der Waals surface area contributed by atoms with Crippen molar-refractivity contribution in [2.75, 3.05) is 38.2 Å². The van der Waals surface area contributed by atoms with Crippen molar-refractivity contribution in [2.45, 2.75) is 32.8 Å². The summed E-state index contributed by atoms with van der Waals surface area (Å²) in [7, 11) is 1.38. The molecule has 1 amide bonds. The van der Waals surface area contributed by atoms with Gasteiger partial charge >= 0.3 is 12.1 Å². The van der Waals surface area contributed by atoms with Gasteiger partial charge < -0.3 is 19.3 Å². The van der Waals surface area contributed by atoms with E-state index in [2.05, 4.69) is 27.5 Å². The summed E-state index contributed by atoms with van der Waals surface area (Å²) in [5.74, 6) is -0.337.